The summed E-state index contributed by atoms with van der Waals surface area (Å²) in [6, 6.07) is 29.9. The van der Waals surface area contributed by atoms with Crippen LogP contribution in [0.4, 0.5) is 0 Å². The lowest BCUT2D eigenvalue weighted by Gasteiger charge is -2.09. The van der Waals surface area contributed by atoms with Gasteiger partial charge in [-0.05, 0) is 42.0 Å². The second-order valence-electron chi connectivity index (χ2n) is 11.7. The summed E-state index contributed by atoms with van der Waals surface area (Å²) in [7, 11) is 0. The normalized spacial score (nSPS) is 14.4. The van der Waals surface area contributed by atoms with Crippen molar-refractivity contribution in [3.05, 3.63) is 170 Å². The zero-order valence-corrected chi connectivity index (χ0v) is 26.1. The Morgan fingerprint density at radius 1 is 0.480 bits per heavy atom. The Morgan fingerprint density at radius 3 is 1.86 bits per heavy atom. The first-order valence-electron chi connectivity index (χ1n) is 20.9. The highest BCUT2D eigenvalue weighted by molar-refractivity contribution is 6.16. The van der Waals surface area contributed by atoms with E-state index in [4.69, 9.17) is 18.1 Å². The van der Waals surface area contributed by atoms with Gasteiger partial charge in [-0.2, -0.15) is 0 Å². The molecule has 3 heterocycles. The molecule has 0 aliphatic rings. The molecule has 0 radical (unpaired) electrons. The molecule has 50 heavy (non-hydrogen) atoms. The van der Waals surface area contributed by atoms with Crippen molar-refractivity contribution in [1.82, 2.24) is 19.5 Å². The van der Waals surface area contributed by atoms with E-state index in [0.717, 1.165) is 38.6 Å². The molecule has 7 aromatic carbocycles. The third kappa shape index (κ3) is 4.52. The standard InChI is InChI=1S/C45H28N4O/c1-4-14-29(15-5-1)43-46-44(30-16-6-2-7-17-30)48-45(47-43)36-23-13-25-40-41(36)35-22-12-21-33(42(35)50-40)31-26-27-39-37(28-31)34-20-10-11-24-38(34)49(39)32-18-8-3-9-19-32/h1-28H/i1D,2D,4D,5D,6D,7D,14D,15D,16D,17D. The molecule has 3 aromatic heterocycles. The van der Waals surface area contributed by atoms with Gasteiger partial charge >= 0.3 is 0 Å². The summed E-state index contributed by atoms with van der Waals surface area (Å²) in [6.07, 6.45) is 0. The molecule has 5 nitrogen and oxygen atoms in total. The van der Waals surface area contributed by atoms with E-state index in [2.05, 4.69) is 62.0 Å². The molecule has 0 saturated carbocycles. The number of nitrogens with zero attached hydrogens (tertiary/aromatic N) is 4. The second-order valence-corrected chi connectivity index (χ2v) is 11.7. The number of furan rings is 1. The SMILES string of the molecule is [2H]c1c([2H])c([2H])c(-c2nc(-c3c([2H])c([2H])c([2H])c([2H])c3[2H])nc(-c3cccc4oc5c(-c6ccc7c(c6)c6ccccc6n7-c6ccccc6)cccc5c34)n2)c([2H])c1[2H]. The van der Waals surface area contributed by atoms with E-state index in [1.165, 1.54) is 0 Å². The molecule has 10 aromatic rings. The molecular formula is C45H28N4O. The monoisotopic (exact) mass is 650 g/mol. The highest BCUT2D eigenvalue weighted by Crippen LogP contribution is 2.42. The maximum atomic E-state index is 8.72. The van der Waals surface area contributed by atoms with Crippen LogP contribution in [0.5, 0.6) is 0 Å². The van der Waals surface area contributed by atoms with Gasteiger partial charge in [0.05, 0.1) is 24.7 Å². The molecule has 0 bridgehead atoms. The number of para-hydroxylation sites is 3. The Morgan fingerprint density at radius 2 is 1.10 bits per heavy atom. The maximum Gasteiger partial charge on any atom is 0.164 e. The Kier molecular flexibility index (Phi) is 4.52. The first kappa shape index (κ1) is 19.8. The molecule has 0 atom stereocenters. The number of aromatic nitrogens is 4. The van der Waals surface area contributed by atoms with Crippen molar-refractivity contribution < 1.29 is 18.1 Å². The molecule has 0 spiro atoms. The first-order chi connectivity index (χ1) is 28.9. The Bertz CT molecular complexity index is 3310. The third-order valence-corrected chi connectivity index (χ3v) is 8.84. The zero-order valence-electron chi connectivity index (χ0n) is 36.1. The Balaban J connectivity index is 1.22. The molecule has 10 rings (SSSR count). The smallest absolute Gasteiger partial charge is 0.164 e. The van der Waals surface area contributed by atoms with Gasteiger partial charge in [0.2, 0.25) is 0 Å². The van der Waals surface area contributed by atoms with E-state index >= 15 is 0 Å². The highest BCUT2D eigenvalue weighted by atomic mass is 16.3. The molecule has 0 fully saturated rings. The molecule has 0 aliphatic heterocycles. The van der Waals surface area contributed by atoms with Crippen molar-refractivity contribution in [1.29, 1.82) is 0 Å². The molecule has 0 unspecified atom stereocenters. The van der Waals surface area contributed by atoms with Crippen LogP contribution < -0.4 is 0 Å². The molecule has 0 saturated heterocycles. The molecular weight excluding hydrogens is 613 g/mol. The Hall–Kier alpha value is -6.85. The maximum absolute atomic E-state index is 8.72. The van der Waals surface area contributed by atoms with Crippen LogP contribution in [0, 0.1) is 0 Å². The van der Waals surface area contributed by atoms with Crippen LogP contribution >= 0.6 is 0 Å². The van der Waals surface area contributed by atoms with Gasteiger partial charge in [0, 0.05) is 49.5 Å². The number of hydrogen-bond donors (Lipinski definition) is 0. The molecule has 0 amide bonds. The molecule has 0 aliphatic carbocycles. The summed E-state index contributed by atoms with van der Waals surface area (Å²) in [4.78, 5) is 13.8. The van der Waals surface area contributed by atoms with E-state index in [9.17, 15) is 0 Å². The van der Waals surface area contributed by atoms with Crippen LogP contribution in [0.25, 0.3) is 94.7 Å². The number of rotatable bonds is 5. The third-order valence-electron chi connectivity index (χ3n) is 8.84. The minimum Gasteiger partial charge on any atom is -0.455 e. The zero-order chi connectivity index (χ0) is 41.7. The molecule has 5 heteroatoms. The van der Waals surface area contributed by atoms with E-state index in [0.29, 0.717) is 27.5 Å². The Labute approximate surface area is 301 Å². The predicted molar refractivity (Wildman–Crippen MR) is 203 cm³/mol. The fraction of sp³-hybridized carbons (Fsp3) is 0. The average molecular weight is 651 g/mol. The average Bonchev–Trinajstić information content (AvgIpc) is 3.82. The summed E-state index contributed by atoms with van der Waals surface area (Å²) in [6.45, 7) is 0. The second kappa shape index (κ2) is 11.4. The van der Waals surface area contributed by atoms with Crippen molar-refractivity contribution in [2.24, 2.45) is 0 Å². The van der Waals surface area contributed by atoms with Crippen LogP contribution in [-0.4, -0.2) is 19.5 Å². The van der Waals surface area contributed by atoms with Gasteiger partial charge in [-0.25, -0.2) is 15.0 Å². The van der Waals surface area contributed by atoms with Crippen LogP contribution in [0.15, 0.2) is 174 Å². The lowest BCUT2D eigenvalue weighted by atomic mass is 9.99. The lowest BCUT2D eigenvalue weighted by Crippen LogP contribution is -2.00. The van der Waals surface area contributed by atoms with Crippen LogP contribution in [0.2, 0.25) is 0 Å². The van der Waals surface area contributed by atoms with Crippen molar-refractivity contribution in [3.8, 4) is 51.0 Å². The predicted octanol–water partition coefficient (Wildman–Crippen LogP) is 11.5. The summed E-state index contributed by atoms with van der Waals surface area (Å²) in [5.74, 6) is -0.720. The van der Waals surface area contributed by atoms with Crippen LogP contribution in [-0.2, 0) is 0 Å². The summed E-state index contributed by atoms with van der Waals surface area (Å²) in [5, 5.41) is 3.46. The van der Waals surface area contributed by atoms with Gasteiger partial charge in [-0.1, -0.05) is 133 Å². The lowest BCUT2D eigenvalue weighted by molar-refractivity contribution is 0.670. The number of fused-ring (bicyclic) bond motifs is 6. The van der Waals surface area contributed by atoms with Crippen molar-refractivity contribution >= 4 is 43.7 Å². The van der Waals surface area contributed by atoms with E-state index in [-0.39, 0.29) is 28.6 Å². The van der Waals surface area contributed by atoms with E-state index in [1.807, 2.05) is 48.5 Å². The fourth-order valence-corrected chi connectivity index (χ4v) is 6.70. The van der Waals surface area contributed by atoms with Gasteiger partial charge < -0.3 is 8.98 Å². The van der Waals surface area contributed by atoms with Gasteiger partial charge in [-0.3, -0.25) is 0 Å². The van der Waals surface area contributed by atoms with Gasteiger partial charge in [0.15, 0.2) is 17.5 Å². The molecule has 234 valence electrons. The van der Waals surface area contributed by atoms with Crippen LogP contribution in [0.3, 0.4) is 0 Å². The summed E-state index contributed by atoms with van der Waals surface area (Å²) in [5.41, 5.74) is 5.70. The minimum absolute atomic E-state index is 0.0394. The fourth-order valence-electron chi connectivity index (χ4n) is 6.70. The largest absolute Gasteiger partial charge is 0.455 e. The summed E-state index contributed by atoms with van der Waals surface area (Å²) < 4.78 is 93.4. The number of benzene rings is 7. The first-order valence-corrected chi connectivity index (χ1v) is 15.9. The minimum atomic E-state index is -0.615. The number of hydrogen-bond acceptors (Lipinski definition) is 4. The van der Waals surface area contributed by atoms with E-state index < -0.39 is 60.4 Å². The topological polar surface area (TPSA) is 56.7 Å². The van der Waals surface area contributed by atoms with Crippen LogP contribution in [0.1, 0.15) is 13.7 Å². The summed E-state index contributed by atoms with van der Waals surface area (Å²) >= 11 is 0. The van der Waals surface area contributed by atoms with Gasteiger partial charge in [0.1, 0.15) is 11.2 Å². The van der Waals surface area contributed by atoms with Gasteiger partial charge in [0.25, 0.3) is 0 Å². The van der Waals surface area contributed by atoms with E-state index in [1.54, 1.807) is 18.2 Å². The quantitative estimate of drug-likeness (QED) is 0.186. The van der Waals surface area contributed by atoms with Crippen molar-refractivity contribution in [2.75, 3.05) is 0 Å². The highest BCUT2D eigenvalue weighted by Gasteiger charge is 2.20. The van der Waals surface area contributed by atoms with Gasteiger partial charge in [-0.15, -0.1) is 0 Å². The molecule has 0 N–H and O–H groups in total. The van der Waals surface area contributed by atoms with Crippen molar-refractivity contribution in [2.45, 2.75) is 0 Å². The van der Waals surface area contributed by atoms with Crippen molar-refractivity contribution in [3.63, 3.8) is 0 Å².